The Morgan fingerprint density at radius 3 is 2.79 bits per heavy atom. The van der Waals surface area contributed by atoms with Crippen LogP contribution in [-0.2, 0) is 0 Å². The molecule has 0 aliphatic heterocycles. The van der Waals surface area contributed by atoms with Crippen LogP contribution < -0.4 is 15.4 Å². The molecule has 2 N–H and O–H groups in total. The number of nitrogens with two attached hydrogens (primary N) is 1. The largest absolute Gasteiger partial charge is 0.495 e. The number of benzene rings is 1. The highest BCUT2D eigenvalue weighted by Crippen LogP contribution is 2.32. The van der Waals surface area contributed by atoms with Crippen LogP contribution in [0.1, 0.15) is 6.42 Å². The van der Waals surface area contributed by atoms with E-state index in [2.05, 4.69) is 14.9 Å². The molecule has 0 spiro atoms. The van der Waals surface area contributed by atoms with E-state index in [-0.39, 0.29) is 0 Å². The Bertz CT molecular complexity index is 504. The molecule has 0 bridgehead atoms. The zero-order chi connectivity index (χ0) is 13.5. The molecule has 0 saturated heterocycles. The minimum Gasteiger partial charge on any atom is -0.495 e. The fraction of sp³-hybridized carbons (Fsp3) is 0.286. The number of ether oxygens (including phenoxy) is 1. The van der Waals surface area contributed by atoms with Crippen molar-refractivity contribution in [1.82, 2.24) is 9.97 Å². The Balaban J connectivity index is 2.37. The number of hydrogen-bond donors (Lipinski definition) is 1. The molecule has 0 fully saturated rings. The van der Waals surface area contributed by atoms with Gasteiger partial charge in [0.15, 0.2) is 0 Å². The summed E-state index contributed by atoms with van der Waals surface area (Å²) >= 11 is 0. The predicted octanol–water partition coefficient (Wildman–Crippen LogP) is 1.97. The van der Waals surface area contributed by atoms with Gasteiger partial charge in [0, 0.05) is 12.7 Å². The van der Waals surface area contributed by atoms with Gasteiger partial charge in [-0.2, -0.15) is 0 Å². The lowest BCUT2D eigenvalue weighted by Crippen LogP contribution is -2.22. The number of nitrogens with zero attached hydrogens (tertiary/aromatic N) is 3. The highest BCUT2D eigenvalue weighted by atomic mass is 16.5. The summed E-state index contributed by atoms with van der Waals surface area (Å²) in [5.74, 6) is 1.66. The smallest absolute Gasteiger partial charge is 0.142 e. The zero-order valence-corrected chi connectivity index (χ0v) is 11.0. The lowest BCUT2D eigenvalue weighted by molar-refractivity contribution is 0.415. The minimum atomic E-state index is 0.636. The molecule has 100 valence electrons. The average Bonchev–Trinajstić information content (AvgIpc) is 2.49. The van der Waals surface area contributed by atoms with Gasteiger partial charge in [-0.1, -0.05) is 12.1 Å². The van der Waals surface area contributed by atoms with E-state index in [1.165, 1.54) is 0 Å². The molecule has 0 aliphatic rings. The summed E-state index contributed by atoms with van der Waals surface area (Å²) in [5.41, 5.74) is 6.60. The molecule has 5 heteroatoms. The van der Waals surface area contributed by atoms with Crippen LogP contribution in [0.5, 0.6) is 5.75 Å². The lowest BCUT2D eigenvalue weighted by Gasteiger charge is -2.25. The third-order valence-corrected chi connectivity index (χ3v) is 2.80. The Morgan fingerprint density at radius 2 is 2.11 bits per heavy atom. The third kappa shape index (κ3) is 3.20. The summed E-state index contributed by atoms with van der Waals surface area (Å²) in [6, 6.07) is 9.75. The summed E-state index contributed by atoms with van der Waals surface area (Å²) in [4.78, 5) is 10.3. The van der Waals surface area contributed by atoms with E-state index in [9.17, 15) is 0 Å². The molecule has 1 aromatic carbocycles. The van der Waals surface area contributed by atoms with Gasteiger partial charge in [0.25, 0.3) is 0 Å². The maximum Gasteiger partial charge on any atom is 0.142 e. The number of methoxy groups -OCH3 is 1. The fourth-order valence-corrected chi connectivity index (χ4v) is 1.90. The SMILES string of the molecule is COc1ccccc1N(CCCN)c1ccncn1. The first-order valence-electron chi connectivity index (χ1n) is 6.23. The average molecular weight is 258 g/mol. The number of anilines is 2. The van der Waals surface area contributed by atoms with Gasteiger partial charge in [0.05, 0.1) is 12.8 Å². The van der Waals surface area contributed by atoms with E-state index < -0.39 is 0 Å². The summed E-state index contributed by atoms with van der Waals surface area (Å²) < 4.78 is 5.41. The molecule has 2 rings (SSSR count). The molecule has 19 heavy (non-hydrogen) atoms. The van der Waals surface area contributed by atoms with Crippen LogP contribution in [0.15, 0.2) is 42.9 Å². The van der Waals surface area contributed by atoms with E-state index in [4.69, 9.17) is 10.5 Å². The Labute approximate surface area is 113 Å². The van der Waals surface area contributed by atoms with Crippen LogP contribution in [-0.4, -0.2) is 30.2 Å². The number of hydrogen-bond acceptors (Lipinski definition) is 5. The van der Waals surface area contributed by atoms with Gasteiger partial charge in [-0.15, -0.1) is 0 Å². The van der Waals surface area contributed by atoms with E-state index in [0.29, 0.717) is 6.54 Å². The summed E-state index contributed by atoms with van der Waals surface area (Å²) in [7, 11) is 1.67. The van der Waals surface area contributed by atoms with E-state index >= 15 is 0 Å². The molecular weight excluding hydrogens is 240 g/mol. The monoisotopic (exact) mass is 258 g/mol. The van der Waals surface area contributed by atoms with Crippen LogP contribution >= 0.6 is 0 Å². The molecule has 0 unspecified atom stereocenters. The zero-order valence-electron chi connectivity index (χ0n) is 11.0. The van der Waals surface area contributed by atoms with Crippen LogP contribution in [0.4, 0.5) is 11.5 Å². The molecule has 1 aromatic heterocycles. The van der Waals surface area contributed by atoms with Crippen molar-refractivity contribution < 1.29 is 4.74 Å². The Kier molecular flexibility index (Phi) is 4.69. The predicted molar refractivity (Wildman–Crippen MR) is 75.7 cm³/mol. The second-order valence-electron chi connectivity index (χ2n) is 4.03. The molecule has 0 atom stereocenters. The van der Waals surface area contributed by atoms with Crippen molar-refractivity contribution in [3.63, 3.8) is 0 Å². The van der Waals surface area contributed by atoms with Gasteiger partial charge in [-0.3, -0.25) is 0 Å². The minimum absolute atomic E-state index is 0.636. The van der Waals surface area contributed by atoms with Gasteiger partial charge in [-0.25, -0.2) is 9.97 Å². The molecule has 2 aromatic rings. The second kappa shape index (κ2) is 6.70. The second-order valence-corrected chi connectivity index (χ2v) is 4.03. The van der Waals surface area contributed by atoms with Crippen molar-refractivity contribution in [3.8, 4) is 5.75 Å². The highest BCUT2D eigenvalue weighted by Gasteiger charge is 2.14. The van der Waals surface area contributed by atoms with E-state index in [1.807, 2.05) is 30.3 Å². The first-order chi connectivity index (χ1) is 9.36. The first-order valence-corrected chi connectivity index (χ1v) is 6.23. The van der Waals surface area contributed by atoms with Crippen LogP contribution in [0.2, 0.25) is 0 Å². The maximum absolute atomic E-state index is 5.61. The van der Waals surface area contributed by atoms with Crippen molar-refractivity contribution in [2.75, 3.05) is 25.1 Å². The van der Waals surface area contributed by atoms with Gasteiger partial charge >= 0.3 is 0 Å². The van der Waals surface area contributed by atoms with Gasteiger partial charge in [0.2, 0.25) is 0 Å². The Morgan fingerprint density at radius 1 is 1.26 bits per heavy atom. The highest BCUT2D eigenvalue weighted by molar-refractivity contribution is 5.66. The third-order valence-electron chi connectivity index (χ3n) is 2.80. The molecule has 0 amide bonds. The maximum atomic E-state index is 5.61. The summed E-state index contributed by atoms with van der Waals surface area (Å²) in [5, 5.41) is 0. The van der Waals surface area contributed by atoms with E-state index in [0.717, 1.165) is 30.2 Å². The quantitative estimate of drug-likeness (QED) is 0.858. The molecular formula is C14H18N4O. The number of para-hydroxylation sites is 2. The van der Waals surface area contributed by atoms with Crippen molar-refractivity contribution in [2.24, 2.45) is 5.73 Å². The molecule has 1 heterocycles. The van der Waals surface area contributed by atoms with E-state index in [1.54, 1.807) is 19.6 Å². The number of aromatic nitrogens is 2. The summed E-state index contributed by atoms with van der Waals surface area (Å²) in [6.07, 6.45) is 4.15. The molecule has 0 radical (unpaired) electrons. The van der Waals surface area contributed by atoms with Gasteiger partial charge in [-0.05, 0) is 31.2 Å². The van der Waals surface area contributed by atoms with Crippen molar-refractivity contribution in [3.05, 3.63) is 42.9 Å². The molecule has 5 nitrogen and oxygen atoms in total. The van der Waals surface area contributed by atoms with Gasteiger partial charge in [0.1, 0.15) is 17.9 Å². The molecule has 0 saturated carbocycles. The van der Waals surface area contributed by atoms with Crippen LogP contribution in [0.3, 0.4) is 0 Å². The summed E-state index contributed by atoms with van der Waals surface area (Å²) in [6.45, 7) is 1.42. The first kappa shape index (κ1) is 13.3. The van der Waals surface area contributed by atoms with Crippen molar-refractivity contribution >= 4 is 11.5 Å². The van der Waals surface area contributed by atoms with Crippen LogP contribution in [0.25, 0.3) is 0 Å². The normalized spacial score (nSPS) is 10.2. The topological polar surface area (TPSA) is 64.3 Å². The Hall–Kier alpha value is -2.14. The van der Waals surface area contributed by atoms with Crippen molar-refractivity contribution in [1.29, 1.82) is 0 Å². The standard InChI is InChI=1S/C14H18N4O/c1-19-13-6-3-2-5-12(13)18(10-4-8-15)14-7-9-16-11-17-14/h2-3,5-7,9,11H,4,8,10,15H2,1H3. The number of rotatable bonds is 6. The molecule has 0 aliphatic carbocycles. The van der Waals surface area contributed by atoms with Crippen molar-refractivity contribution in [2.45, 2.75) is 6.42 Å². The van der Waals surface area contributed by atoms with Gasteiger partial charge < -0.3 is 15.4 Å². The van der Waals surface area contributed by atoms with Crippen LogP contribution in [0, 0.1) is 0 Å². The lowest BCUT2D eigenvalue weighted by atomic mass is 10.2. The fourth-order valence-electron chi connectivity index (χ4n) is 1.90.